The molecule has 2 saturated heterocycles. The van der Waals surface area contributed by atoms with Gasteiger partial charge in [-0.15, -0.1) is 0 Å². The van der Waals surface area contributed by atoms with Crippen LogP contribution in [0, 0.1) is 0 Å². The van der Waals surface area contributed by atoms with Crippen molar-refractivity contribution in [3.63, 3.8) is 0 Å². The van der Waals surface area contributed by atoms with Gasteiger partial charge in [0.05, 0.1) is 18.6 Å². The van der Waals surface area contributed by atoms with Crippen LogP contribution in [0.1, 0.15) is 29.6 Å². The molecular formula is C16H22N2O6S2. The number of hydrogen-bond acceptors (Lipinski definition) is 6. The molecule has 1 N–H and O–H groups in total. The molecule has 0 unspecified atom stereocenters. The number of nitrogens with zero attached hydrogens (tertiary/aromatic N) is 1. The van der Waals surface area contributed by atoms with Gasteiger partial charge < -0.3 is 10.1 Å². The van der Waals surface area contributed by atoms with Gasteiger partial charge in [0.25, 0.3) is 5.91 Å². The van der Waals surface area contributed by atoms with Gasteiger partial charge in [-0.2, -0.15) is 4.31 Å². The van der Waals surface area contributed by atoms with Crippen molar-refractivity contribution >= 4 is 25.8 Å². The van der Waals surface area contributed by atoms with Crippen molar-refractivity contribution in [2.24, 2.45) is 0 Å². The smallest absolute Gasteiger partial charge is 0.251 e. The lowest BCUT2D eigenvalue weighted by Gasteiger charge is -2.18. The number of carbonyl (C=O) groups is 1. The van der Waals surface area contributed by atoms with Crippen LogP contribution in [0.4, 0.5) is 0 Å². The van der Waals surface area contributed by atoms with Crippen LogP contribution in [-0.2, 0) is 19.9 Å². The molecule has 10 heteroatoms. The van der Waals surface area contributed by atoms with Crippen molar-refractivity contribution in [2.45, 2.75) is 30.2 Å². The van der Waals surface area contributed by atoms with Crippen LogP contribution in [0.15, 0.2) is 23.1 Å². The summed E-state index contributed by atoms with van der Waals surface area (Å²) in [6.45, 7) is 0.893. The number of sulfonamides is 1. The van der Waals surface area contributed by atoms with E-state index in [9.17, 15) is 21.6 Å². The van der Waals surface area contributed by atoms with E-state index < -0.39 is 31.8 Å². The van der Waals surface area contributed by atoms with Crippen LogP contribution in [-0.4, -0.2) is 64.8 Å². The Morgan fingerprint density at radius 3 is 2.54 bits per heavy atom. The summed E-state index contributed by atoms with van der Waals surface area (Å²) >= 11 is 0. The number of ether oxygens (including phenoxy) is 1. The summed E-state index contributed by atoms with van der Waals surface area (Å²) < 4.78 is 55.3. The third-order valence-electron chi connectivity index (χ3n) is 4.68. The molecule has 0 spiro atoms. The lowest BCUT2D eigenvalue weighted by molar-refractivity contribution is 0.0941. The fourth-order valence-electron chi connectivity index (χ4n) is 3.26. The Morgan fingerprint density at radius 1 is 1.27 bits per heavy atom. The van der Waals surface area contributed by atoms with Crippen LogP contribution in [0.2, 0.25) is 0 Å². The van der Waals surface area contributed by atoms with E-state index in [2.05, 4.69) is 5.32 Å². The van der Waals surface area contributed by atoms with E-state index in [-0.39, 0.29) is 27.7 Å². The fourth-order valence-corrected chi connectivity index (χ4v) is 6.64. The van der Waals surface area contributed by atoms with Gasteiger partial charge in [0.2, 0.25) is 10.0 Å². The molecule has 2 heterocycles. The van der Waals surface area contributed by atoms with Crippen molar-refractivity contribution in [3.05, 3.63) is 23.8 Å². The van der Waals surface area contributed by atoms with Crippen LogP contribution in [0.3, 0.4) is 0 Å². The highest BCUT2D eigenvalue weighted by molar-refractivity contribution is 7.91. The summed E-state index contributed by atoms with van der Waals surface area (Å²) in [5.41, 5.74) is 0.160. The molecule has 144 valence electrons. The highest BCUT2D eigenvalue weighted by Crippen LogP contribution is 2.30. The molecule has 1 atom stereocenters. The first kappa shape index (κ1) is 19.1. The van der Waals surface area contributed by atoms with Crippen molar-refractivity contribution in [3.8, 4) is 5.75 Å². The number of sulfone groups is 1. The largest absolute Gasteiger partial charge is 0.495 e. The summed E-state index contributed by atoms with van der Waals surface area (Å²) in [7, 11) is -5.49. The minimum absolute atomic E-state index is 0.0476. The van der Waals surface area contributed by atoms with E-state index in [0.29, 0.717) is 19.5 Å². The van der Waals surface area contributed by atoms with E-state index in [0.717, 1.165) is 12.8 Å². The molecule has 2 fully saturated rings. The number of benzene rings is 1. The van der Waals surface area contributed by atoms with Gasteiger partial charge in [-0.05, 0) is 37.5 Å². The Hall–Kier alpha value is -1.65. The number of amides is 1. The molecule has 26 heavy (non-hydrogen) atoms. The second-order valence-electron chi connectivity index (χ2n) is 6.55. The average molecular weight is 402 g/mol. The monoisotopic (exact) mass is 402 g/mol. The van der Waals surface area contributed by atoms with Crippen LogP contribution in [0.5, 0.6) is 5.75 Å². The van der Waals surface area contributed by atoms with Gasteiger partial charge in [0.1, 0.15) is 10.6 Å². The zero-order valence-electron chi connectivity index (χ0n) is 14.5. The first-order valence-corrected chi connectivity index (χ1v) is 11.7. The Labute approximate surface area is 153 Å². The molecule has 0 aliphatic carbocycles. The van der Waals surface area contributed by atoms with E-state index in [1.165, 1.54) is 29.6 Å². The van der Waals surface area contributed by atoms with E-state index in [1.807, 2.05) is 0 Å². The zero-order chi connectivity index (χ0) is 18.9. The SMILES string of the molecule is COc1ccc(C(=O)N[C@@H]2CCS(=O)(=O)C2)cc1S(=O)(=O)N1CCCC1. The van der Waals surface area contributed by atoms with E-state index in [1.54, 1.807) is 0 Å². The number of carbonyl (C=O) groups excluding carboxylic acids is 1. The fraction of sp³-hybridized carbons (Fsp3) is 0.562. The van der Waals surface area contributed by atoms with Crippen LogP contribution < -0.4 is 10.1 Å². The molecule has 0 aromatic heterocycles. The predicted octanol–water partition coefficient (Wildman–Crippen LogP) is 0.397. The summed E-state index contributed by atoms with van der Waals surface area (Å²) in [4.78, 5) is 12.4. The summed E-state index contributed by atoms with van der Waals surface area (Å²) in [6, 6.07) is 3.77. The van der Waals surface area contributed by atoms with E-state index >= 15 is 0 Å². The van der Waals surface area contributed by atoms with Crippen molar-refractivity contribution in [1.82, 2.24) is 9.62 Å². The van der Waals surface area contributed by atoms with E-state index in [4.69, 9.17) is 4.74 Å². The molecule has 3 rings (SSSR count). The number of hydrogen-bond donors (Lipinski definition) is 1. The molecule has 0 saturated carbocycles. The highest BCUT2D eigenvalue weighted by Gasteiger charge is 2.32. The molecule has 0 bridgehead atoms. The van der Waals surface area contributed by atoms with Gasteiger partial charge in [-0.3, -0.25) is 4.79 Å². The first-order chi connectivity index (χ1) is 12.2. The molecular weight excluding hydrogens is 380 g/mol. The topological polar surface area (TPSA) is 110 Å². The minimum Gasteiger partial charge on any atom is -0.495 e. The van der Waals surface area contributed by atoms with Crippen LogP contribution >= 0.6 is 0 Å². The third kappa shape index (κ3) is 3.86. The number of nitrogens with one attached hydrogen (secondary N) is 1. The standard InChI is InChI=1S/C16H22N2O6S2/c1-24-14-5-4-12(16(19)17-13-6-9-25(20,21)11-13)10-15(14)26(22,23)18-7-2-3-8-18/h4-5,10,13H,2-3,6-9,11H2,1H3,(H,17,19)/t13-/m1/s1. The van der Waals surface area contributed by atoms with Gasteiger partial charge in [0, 0.05) is 24.7 Å². The Kier molecular flexibility index (Phi) is 5.27. The number of rotatable bonds is 5. The van der Waals surface area contributed by atoms with Crippen molar-refractivity contribution < 1.29 is 26.4 Å². The van der Waals surface area contributed by atoms with Gasteiger partial charge in [0.15, 0.2) is 9.84 Å². The summed E-state index contributed by atoms with van der Waals surface area (Å²) in [5, 5.41) is 2.67. The Morgan fingerprint density at radius 2 is 1.96 bits per heavy atom. The molecule has 1 amide bonds. The molecule has 0 radical (unpaired) electrons. The lowest BCUT2D eigenvalue weighted by Crippen LogP contribution is -2.35. The van der Waals surface area contributed by atoms with Crippen LogP contribution in [0.25, 0.3) is 0 Å². The molecule has 8 nitrogen and oxygen atoms in total. The average Bonchev–Trinajstić information content (AvgIpc) is 3.24. The van der Waals surface area contributed by atoms with Gasteiger partial charge >= 0.3 is 0 Å². The highest BCUT2D eigenvalue weighted by atomic mass is 32.2. The zero-order valence-corrected chi connectivity index (χ0v) is 16.1. The first-order valence-electron chi connectivity index (χ1n) is 8.42. The summed E-state index contributed by atoms with van der Waals surface area (Å²) in [6.07, 6.45) is 1.97. The lowest BCUT2D eigenvalue weighted by atomic mass is 10.2. The van der Waals surface area contributed by atoms with Crippen molar-refractivity contribution in [2.75, 3.05) is 31.7 Å². The number of methoxy groups -OCH3 is 1. The Bertz CT molecular complexity index is 905. The maximum atomic E-state index is 12.9. The second-order valence-corrected chi connectivity index (χ2v) is 10.7. The Balaban J connectivity index is 1.86. The molecule has 1 aromatic carbocycles. The normalized spacial score (nSPS) is 23.0. The summed E-state index contributed by atoms with van der Waals surface area (Å²) in [5.74, 6) is -0.354. The quantitative estimate of drug-likeness (QED) is 0.763. The molecule has 1 aromatic rings. The predicted molar refractivity (Wildman–Crippen MR) is 95.5 cm³/mol. The van der Waals surface area contributed by atoms with Gasteiger partial charge in [-0.25, -0.2) is 16.8 Å². The molecule has 2 aliphatic heterocycles. The minimum atomic E-state index is -3.75. The van der Waals surface area contributed by atoms with Crippen molar-refractivity contribution in [1.29, 1.82) is 0 Å². The maximum Gasteiger partial charge on any atom is 0.251 e. The second kappa shape index (κ2) is 7.16. The van der Waals surface area contributed by atoms with Gasteiger partial charge in [-0.1, -0.05) is 0 Å². The maximum absolute atomic E-state index is 12.9. The third-order valence-corrected chi connectivity index (χ3v) is 8.36. The molecule has 2 aliphatic rings.